The molecule has 180 valence electrons. The Labute approximate surface area is 192 Å². The fraction of sp³-hybridized carbons (Fsp3) is 0.565. The molecule has 3 amide bonds. The molecule has 2 saturated heterocycles. The quantitative estimate of drug-likeness (QED) is 0.489. The van der Waals surface area contributed by atoms with Crippen LogP contribution in [0.1, 0.15) is 39.2 Å². The molecule has 0 radical (unpaired) electrons. The largest absolute Gasteiger partial charge is 0.467 e. The van der Waals surface area contributed by atoms with Gasteiger partial charge in [0.1, 0.15) is 24.3 Å². The summed E-state index contributed by atoms with van der Waals surface area (Å²) in [6.45, 7) is 5.25. The minimum Gasteiger partial charge on any atom is -0.467 e. The van der Waals surface area contributed by atoms with Gasteiger partial charge in [-0.15, -0.1) is 0 Å². The molecule has 33 heavy (non-hydrogen) atoms. The molecule has 0 bridgehead atoms. The Kier molecular flexibility index (Phi) is 7.45. The summed E-state index contributed by atoms with van der Waals surface area (Å²) in [4.78, 5) is 51.5. The zero-order valence-electron chi connectivity index (χ0n) is 19.3. The number of nitrogens with one attached hydrogen (secondary N) is 2. The number of fused-ring (bicyclic) bond motifs is 1. The highest BCUT2D eigenvalue weighted by molar-refractivity contribution is 5.90. The van der Waals surface area contributed by atoms with Crippen LogP contribution in [0.4, 0.5) is 9.59 Å². The van der Waals surface area contributed by atoms with E-state index in [1.165, 1.54) is 12.0 Å². The van der Waals surface area contributed by atoms with Crippen LogP contribution in [-0.4, -0.2) is 72.4 Å². The Bertz CT molecular complexity index is 884. The molecule has 0 unspecified atom stereocenters. The van der Waals surface area contributed by atoms with E-state index >= 15 is 0 Å². The van der Waals surface area contributed by atoms with Crippen molar-refractivity contribution >= 4 is 24.1 Å². The lowest BCUT2D eigenvalue weighted by molar-refractivity contribution is -0.145. The second-order valence-corrected chi connectivity index (χ2v) is 9.17. The van der Waals surface area contributed by atoms with Gasteiger partial charge in [0.25, 0.3) is 0 Å². The number of ether oxygens (including phenoxy) is 3. The fourth-order valence-electron chi connectivity index (χ4n) is 4.15. The van der Waals surface area contributed by atoms with Gasteiger partial charge in [0.15, 0.2) is 0 Å². The van der Waals surface area contributed by atoms with Gasteiger partial charge in [0, 0.05) is 6.42 Å². The highest BCUT2D eigenvalue weighted by Crippen LogP contribution is 2.31. The topological polar surface area (TPSA) is 123 Å². The maximum atomic E-state index is 13.1. The van der Waals surface area contributed by atoms with E-state index in [0.29, 0.717) is 12.8 Å². The first-order valence-electron chi connectivity index (χ1n) is 11.0. The number of nitrogens with zero attached hydrogens (tertiary/aromatic N) is 1. The Morgan fingerprint density at radius 3 is 2.52 bits per heavy atom. The molecular formula is C23H31N3O7. The number of cyclic esters (lactones) is 1. The number of alkyl carbamates (subject to hydrolysis) is 1. The standard InChI is InChI=1S/C23H31N3O7/c1-23(2,3)33-21(29)25-16-13-32-22(30)26-17(16)10-11-18(26)19(27)24-15(20(28)31-4)12-14-8-6-5-7-9-14/h5-9,15-18H,10-13H2,1-4H3,(H,24,27)(H,25,29)/t15-,16+,17-,18-/m0/s1. The van der Waals surface area contributed by atoms with E-state index in [1.54, 1.807) is 20.8 Å². The second-order valence-electron chi connectivity index (χ2n) is 9.17. The minimum atomic E-state index is -0.902. The molecule has 2 N–H and O–H groups in total. The molecule has 0 aliphatic carbocycles. The maximum absolute atomic E-state index is 13.1. The fourth-order valence-corrected chi connectivity index (χ4v) is 4.15. The zero-order valence-corrected chi connectivity index (χ0v) is 19.3. The number of hydrogen-bond donors (Lipinski definition) is 2. The second kappa shape index (κ2) is 10.1. The summed E-state index contributed by atoms with van der Waals surface area (Å²) in [5.41, 5.74) is 0.186. The van der Waals surface area contributed by atoms with Gasteiger partial charge in [-0.3, -0.25) is 9.69 Å². The number of benzene rings is 1. The molecule has 4 atom stereocenters. The van der Waals surface area contributed by atoms with E-state index in [9.17, 15) is 19.2 Å². The van der Waals surface area contributed by atoms with E-state index in [-0.39, 0.29) is 13.0 Å². The monoisotopic (exact) mass is 461 g/mol. The predicted molar refractivity (Wildman–Crippen MR) is 117 cm³/mol. The van der Waals surface area contributed by atoms with Gasteiger partial charge in [-0.05, 0) is 39.2 Å². The number of methoxy groups -OCH3 is 1. The number of carbonyl (C=O) groups excluding carboxylic acids is 4. The average molecular weight is 462 g/mol. The van der Waals surface area contributed by atoms with Crippen molar-refractivity contribution in [3.63, 3.8) is 0 Å². The van der Waals surface area contributed by atoms with Crippen molar-refractivity contribution < 1.29 is 33.4 Å². The van der Waals surface area contributed by atoms with Crippen molar-refractivity contribution in [1.29, 1.82) is 0 Å². The van der Waals surface area contributed by atoms with Gasteiger partial charge in [-0.25, -0.2) is 14.4 Å². The zero-order chi connectivity index (χ0) is 24.2. The van der Waals surface area contributed by atoms with Crippen molar-refractivity contribution in [2.24, 2.45) is 0 Å². The molecule has 2 fully saturated rings. The summed E-state index contributed by atoms with van der Waals surface area (Å²) >= 11 is 0. The normalized spacial score (nSPS) is 23.1. The molecule has 0 spiro atoms. The molecular weight excluding hydrogens is 430 g/mol. The van der Waals surface area contributed by atoms with Gasteiger partial charge in [-0.2, -0.15) is 0 Å². The Hall–Kier alpha value is -3.30. The summed E-state index contributed by atoms with van der Waals surface area (Å²) in [5, 5.41) is 5.47. The van der Waals surface area contributed by atoms with Crippen molar-refractivity contribution in [3.8, 4) is 0 Å². The Morgan fingerprint density at radius 1 is 1.18 bits per heavy atom. The first-order chi connectivity index (χ1) is 15.6. The summed E-state index contributed by atoms with van der Waals surface area (Å²) in [5.74, 6) is -1.05. The average Bonchev–Trinajstić information content (AvgIpc) is 3.20. The number of hydrogen-bond acceptors (Lipinski definition) is 7. The van der Waals surface area contributed by atoms with Crippen LogP contribution >= 0.6 is 0 Å². The molecule has 1 aromatic rings. The van der Waals surface area contributed by atoms with E-state index in [0.717, 1.165) is 5.56 Å². The third-order valence-corrected chi connectivity index (χ3v) is 5.58. The highest BCUT2D eigenvalue weighted by Gasteiger charge is 2.49. The number of rotatable bonds is 6. The SMILES string of the molecule is COC(=O)[C@H](Cc1ccccc1)NC(=O)[C@@H]1CC[C@H]2[C@H](NC(=O)OC(C)(C)C)COC(=O)N12. The lowest BCUT2D eigenvalue weighted by atomic mass is 10.1. The first-order valence-corrected chi connectivity index (χ1v) is 11.0. The van der Waals surface area contributed by atoms with Crippen LogP contribution in [0.15, 0.2) is 30.3 Å². The lowest BCUT2D eigenvalue weighted by Gasteiger charge is -2.38. The van der Waals surface area contributed by atoms with Crippen molar-refractivity contribution in [2.75, 3.05) is 13.7 Å². The highest BCUT2D eigenvalue weighted by atomic mass is 16.6. The number of carbonyl (C=O) groups is 4. The van der Waals surface area contributed by atoms with Crippen LogP contribution < -0.4 is 10.6 Å². The molecule has 10 heteroatoms. The predicted octanol–water partition coefficient (Wildman–Crippen LogP) is 1.76. The van der Waals surface area contributed by atoms with Gasteiger partial charge in [-0.1, -0.05) is 30.3 Å². The van der Waals surface area contributed by atoms with Crippen LogP contribution in [0.25, 0.3) is 0 Å². The molecule has 3 rings (SSSR count). The van der Waals surface area contributed by atoms with Gasteiger partial charge in [0.05, 0.1) is 19.2 Å². The van der Waals surface area contributed by atoms with E-state index in [2.05, 4.69) is 10.6 Å². The molecule has 0 aromatic heterocycles. The van der Waals surface area contributed by atoms with Crippen LogP contribution in [0, 0.1) is 0 Å². The number of amides is 3. The Balaban J connectivity index is 1.68. The van der Waals surface area contributed by atoms with E-state index in [1.807, 2.05) is 30.3 Å². The molecule has 10 nitrogen and oxygen atoms in total. The summed E-state index contributed by atoms with van der Waals surface area (Å²) in [7, 11) is 1.26. The minimum absolute atomic E-state index is 0.00756. The molecule has 1 aromatic carbocycles. The van der Waals surface area contributed by atoms with Crippen LogP contribution in [0.2, 0.25) is 0 Å². The molecule has 2 aliphatic heterocycles. The summed E-state index contributed by atoms with van der Waals surface area (Å²) in [6, 6.07) is 6.58. The third kappa shape index (κ3) is 6.15. The lowest BCUT2D eigenvalue weighted by Crippen LogP contribution is -2.62. The van der Waals surface area contributed by atoms with Crippen LogP contribution in [0.5, 0.6) is 0 Å². The van der Waals surface area contributed by atoms with E-state index in [4.69, 9.17) is 14.2 Å². The molecule has 2 heterocycles. The van der Waals surface area contributed by atoms with Crippen molar-refractivity contribution in [3.05, 3.63) is 35.9 Å². The van der Waals surface area contributed by atoms with Crippen LogP contribution in [0.3, 0.4) is 0 Å². The molecule has 0 saturated carbocycles. The van der Waals surface area contributed by atoms with Gasteiger partial charge < -0.3 is 24.8 Å². The third-order valence-electron chi connectivity index (χ3n) is 5.58. The van der Waals surface area contributed by atoms with Gasteiger partial charge in [0.2, 0.25) is 5.91 Å². The molecule has 2 aliphatic rings. The number of esters is 1. The smallest absolute Gasteiger partial charge is 0.410 e. The first kappa shape index (κ1) is 24.3. The van der Waals surface area contributed by atoms with Crippen molar-refractivity contribution in [1.82, 2.24) is 15.5 Å². The Morgan fingerprint density at radius 2 is 1.88 bits per heavy atom. The summed E-state index contributed by atoms with van der Waals surface area (Å²) in [6.07, 6.45) is -0.126. The van der Waals surface area contributed by atoms with Crippen molar-refractivity contribution in [2.45, 2.75) is 69.8 Å². The maximum Gasteiger partial charge on any atom is 0.410 e. The van der Waals surface area contributed by atoms with Gasteiger partial charge >= 0.3 is 18.2 Å². The van der Waals surface area contributed by atoms with Crippen LogP contribution in [-0.2, 0) is 30.2 Å². The summed E-state index contributed by atoms with van der Waals surface area (Å²) < 4.78 is 15.4. The van der Waals surface area contributed by atoms with E-state index < -0.39 is 53.8 Å².